The van der Waals surface area contributed by atoms with Crippen LogP contribution < -0.4 is 0 Å². The minimum absolute atomic E-state index is 0.891. The third-order valence-corrected chi connectivity index (χ3v) is 8.84. The summed E-state index contributed by atoms with van der Waals surface area (Å²) >= 11 is 2.40. The number of aromatic nitrogens is 2. The number of rotatable bonds is 2. The van der Waals surface area contributed by atoms with Gasteiger partial charge in [0.1, 0.15) is 5.58 Å². The molecule has 9 rings (SSSR count). The molecule has 9 aromatic rings. The second kappa shape index (κ2) is 8.23. The summed E-state index contributed by atoms with van der Waals surface area (Å²) in [5.74, 6) is 0. The van der Waals surface area contributed by atoms with E-state index in [0.29, 0.717) is 0 Å². The van der Waals surface area contributed by atoms with Crippen molar-refractivity contribution in [2.75, 3.05) is 0 Å². The Morgan fingerprint density at radius 3 is 1.77 bits per heavy atom. The van der Waals surface area contributed by atoms with Crippen molar-refractivity contribution in [2.24, 2.45) is 0 Å². The molecule has 0 saturated carbocycles. The van der Waals surface area contributed by atoms with Crippen molar-refractivity contribution >= 4 is 88.1 Å². The Morgan fingerprint density at radius 1 is 0.450 bits per heavy atom. The van der Waals surface area contributed by atoms with Gasteiger partial charge in [-0.1, -0.05) is 66.7 Å². The molecule has 6 aromatic carbocycles. The smallest absolute Gasteiger partial charge is 0.159 e. The van der Waals surface area contributed by atoms with E-state index in [0.717, 1.165) is 33.3 Å². The second-order valence-corrected chi connectivity index (χ2v) is 11.6. The Hall–Kier alpha value is -4.55. The number of hydrogen-bond acceptors (Lipinski definition) is 1. The van der Waals surface area contributed by atoms with Crippen molar-refractivity contribution < 1.29 is 4.42 Å². The number of hydrogen-bond donors (Lipinski definition) is 0. The van der Waals surface area contributed by atoms with E-state index in [1.54, 1.807) is 0 Å². The van der Waals surface area contributed by atoms with Crippen LogP contribution in [0, 0.1) is 3.57 Å². The molecule has 188 valence electrons. The van der Waals surface area contributed by atoms with Gasteiger partial charge in [-0.25, -0.2) is 0 Å². The van der Waals surface area contributed by atoms with Crippen LogP contribution in [0.2, 0.25) is 0 Å². The molecule has 0 aliphatic heterocycles. The average Bonchev–Trinajstić information content (AvgIpc) is 3.64. The summed E-state index contributed by atoms with van der Waals surface area (Å²) in [6.45, 7) is 0. The molecule has 3 heterocycles. The highest BCUT2D eigenvalue weighted by molar-refractivity contribution is 14.1. The summed E-state index contributed by atoms with van der Waals surface area (Å²) in [7, 11) is 0. The average molecular weight is 624 g/mol. The Kier molecular flexibility index (Phi) is 4.58. The summed E-state index contributed by atoms with van der Waals surface area (Å²) in [6.07, 6.45) is 0. The molecule has 0 spiro atoms. The molecule has 0 unspecified atom stereocenters. The maximum Gasteiger partial charge on any atom is 0.159 e. The molecule has 0 N–H and O–H groups in total. The van der Waals surface area contributed by atoms with E-state index in [1.807, 2.05) is 0 Å². The largest absolute Gasteiger partial charge is 0.454 e. The summed E-state index contributed by atoms with van der Waals surface area (Å²) in [5.41, 5.74) is 8.75. The highest BCUT2D eigenvalue weighted by Crippen LogP contribution is 2.40. The third kappa shape index (κ3) is 2.99. The zero-order valence-electron chi connectivity index (χ0n) is 21.3. The monoisotopic (exact) mass is 624 g/mol. The fourth-order valence-corrected chi connectivity index (χ4v) is 6.98. The molecule has 3 nitrogen and oxygen atoms in total. The molecule has 0 saturated heterocycles. The van der Waals surface area contributed by atoms with Gasteiger partial charge in [0.2, 0.25) is 0 Å². The van der Waals surface area contributed by atoms with Crippen LogP contribution >= 0.6 is 22.6 Å². The van der Waals surface area contributed by atoms with Crippen LogP contribution in [-0.4, -0.2) is 9.13 Å². The molecule has 4 heteroatoms. The number of para-hydroxylation sites is 4. The van der Waals surface area contributed by atoms with E-state index in [2.05, 4.69) is 159 Å². The quantitative estimate of drug-likeness (QED) is 0.176. The summed E-state index contributed by atoms with van der Waals surface area (Å²) in [6, 6.07) is 45.6. The number of nitrogens with zero attached hydrogens (tertiary/aromatic N) is 2. The molecule has 0 aliphatic carbocycles. The lowest BCUT2D eigenvalue weighted by molar-refractivity contribution is 0.666. The van der Waals surface area contributed by atoms with Crippen molar-refractivity contribution in [1.29, 1.82) is 0 Å². The third-order valence-electron chi connectivity index (χ3n) is 8.17. The molecule has 40 heavy (non-hydrogen) atoms. The number of furan rings is 1. The molecule has 0 atom stereocenters. The molecule has 0 aliphatic rings. The van der Waals surface area contributed by atoms with Gasteiger partial charge < -0.3 is 13.6 Å². The summed E-state index contributed by atoms with van der Waals surface area (Å²) < 4.78 is 12.6. The Labute approximate surface area is 243 Å². The minimum Gasteiger partial charge on any atom is -0.454 e. The fraction of sp³-hybridized carbons (Fsp3) is 0. The van der Waals surface area contributed by atoms with Crippen molar-refractivity contribution in [1.82, 2.24) is 9.13 Å². The van der Waals surface area contributed by atoms with Crippen LogP contribution in [0.5, 0.6) is 0 Å². The van der Waals surface area contributed by atoms with Crippen LogP contribution in [0.1, 0.15) is 0 Å². The van der Waals surface area contributed by atoms with Gasteiger partial charge in [-0.15, -0.1) is 0 Å². The number of halogens is 1. The highest BCUT2D eigenvalue weighted by Gasteiger charge is 2.19. The van der Waals surface area contributed by atoms with Crippen molar-refractivity contribution in [3.8, 4) is 11.4 Å². The van der Waals surface area contributed by atoms with Gasteiger partial charge in [0.05, 0.1) is 27.8 Å². The van der Waals surface area contributed by atoms with Gasteiger partial charge >= 0.3 is 0 Å². The highest BCUT2D eigenvalue weighted by atomic mass is 127. The van der Waals surface area contributed by atoms with E-state index < -0.39 is 0 Å². The van der Waals surface area contributed by atoms with Gasteiger partial charge in [-0.3, -0.25) is 0 Å². The zero-order chi connectivity index (χ0) is 26.4. The molecule has 0 radical (unpaired) electrons. The lowest BCUT2D eigenvalue weighted by atomic mass is 10.1. The maximum absolute atomic E-state index is 6.64. The first-order valence-electron chi connectivity index (χ1n) is 13.4. The number of benzene rings is 6. The van der Waals surface area contributed by atoms with E-state index in [9.17, 15) is 0 Å². The van der Waals surface area contributed by atoms with Crippen LogP contribution in [0.25, 0.3) is 76.9 Å². The van der Waals surface area contributed by atoms with E-state index >= 15 is 0 Å². The zero-order valence-corrected chi connectivity index (χ0v) is 23.5. The van der Waals surface area contributed by atoms with Crippen LogP contribution in [0.15, 0.2) is 132 Å². The SMILES string of the molecule is Ic1ccc2c(c1)c1ccccc1n2-c1cccc2c1oc1ccc(-n3c4ccccc4c4ccccc43)cc12. The minimum atomic E-state index is 0.891. The van der Waals surface area contributed by atoms with Crippen molar-refractivity contribution in [3.05, 3.63) is 131 Å². The molecular weight excluding hydrogens is 603 g/mol. The van der Waals surface area contributed by atoms with E-state index in [4.69, 9.17) is 4.42 Å². The summed E-state index contributed by atoms with van der Waals surface area (Å²) in [4.78, 5) is 0. The Bertz CT molecular complexity index is 2400. The first-order chi connectivity index (χ1) is 19.8. The molecule has 0 amide bonds. The fourth-order valence-electron chi connectivity index (χ4n) is 6.49. The summed E-state index contributed by atoms with van der Waals surface area (Å²) in [5, 5.41) is 7.26. The predicted octanol–water partition coefficient (Wildman–Crippen LogP) is 10.4. The van der Waals surface area contributed by atoms with Crippen LogP contribution in [0.4, 0.5) is 0 Å². The lowest BCUT2D eigenvalue weighted by Crippen LogP contribution is -1.94. The van der Waals surface area contributed by atoms with Crippen molar-refractivity contribution in [2.45, 2.75) is 0 Å². The predicted molar refractivity (Wildman–Crippen MR) is 175 cm³/mol. The Balaban J connectivity index is 1.34. The topological polar surface area (TPSA) is 23.0 Å². The second-order valence-electron chi connectivity index (χ2n) is 10.3. The molecule has 3 aromatic heterocycles. The molecule has 0 bridgehead atoms. The maximum atomic E-state index is 6.64. The standard InChI is InChI=1S/C36H21IN2O/c37-22-16-18-33-28(20-22)26-10-3-6-14-32(26)39(33)34-15-7-11-27-29-21-23(17-19-35(29)40-36(27)34)38-30-12-4-1-8-24(30)25-9-2-5-13-31(25)38/h1-21H. The van der Waals surface area contributed by atoms with Gasteiger partial charge in [-0.05, 0) is 83.3 Å². The van der Waals surface area contributed by atoms with E-state index in [1.165, 1.54) is 47.2 Å². The molecular formula is C36H21IN2O. The van der Waals surface area contributed by atoms with Crippen LogP contribution in [-0.2, 0) is 0 Å². The first-order valence-corrected chi connectivity index (χ1v) is 14.5. The van der Waals surface area contributed by atoms with Crippen molar-refractivity contribution in [3.63, 3.8) is 0 Å². The normalized spacial score (nSPS) is 12.1. The van der Waals surface area contributed by atoms with Gasteiger partial charge in [0.15, 0.2) is 5.58 Å². The van der Waals surface area contributed by atoms with Gasteiger partial charge in [0.25, 0.3) is 0 Å². The Morgan fingerprint density at radius 2 is 1.05 bits per heavy atom. The molecule has 0 fully saturated rings. The van der Waals surface area contributed by atoms with Crippen LogP contribution in [0.3, 0.4) is 0 Å². The first kappa shape index (κ1) is 22.3. The lowest BCUT2D eigenvalue weighted by Gasteiger charge is -2.08. The van der Waals surface area contributed by atoms with Gasteiger partial charge in [0, 0.05) is 41.6 Å². The van der Waals surface area contributed by atoms with Gasteiger partial charge in [-0.2, -0.15) is 0 Å². The number of fused-ring (bicyclic) bond motifs is 9. The van der Waals surface area contributed by atoms with E-state index in [-0.39, 0.29) is 0 Å².